The molecule has 0 bridgehead atoms. The van der Waals surface area contributed by atoms with E-state index in [-0.39, 0.29) is 5.41 Å². The van der Waals surface area contributed by atoms with E-state index in [4.69, 9.17) is 0 Å². The van der Waals surface area contributed by atoms with E-state index in [1.54, 1.807) is 27.8 Å². The summed E-state index contributed by atoms with van der Waals surface area (Å²) in [6, 6.07) is 16.9. The van der Waals surface area contributed by atoms with Gasteiger partial charge >= 0.3 is 0 Å². The van der Waals surface area contributed by atoms with Crippen molar-refractivity contribution in [3.63, 3.8) is 0 Å². The molecule has 0 nitrogen and oxygen atoms in total. The van der Waals surface area contributed by atoms with E-state index in [0.29, 0.717) is 5.92 Å². The maximum absolute atomic E-state index is 2.64. The number of aryl methyl sites for hydroxylation is 1. The number of benzene rings is 2. The van der Waals surface area contributed by atoms with Gasteiger partial charge in [0.25, 0.3) is 0 Å². The molecule has 0 aromatic heterocycles. The SMILES string of the molecule is CCc1cc(C2CCC(C3CCC(C)CC3)CC2)ccc1CC1C=C(Cc2ccccc2C(C)(CC)CC)C(C)=CC1. The third-order valence-corrected chi connectivity index (χ3v) is 12.3. The van der Waals surface area contributed by atoms with E-state index in [1.807, 2.05) is 0 Å². The summed E-state index contributed by atoms with van der Waals surface area (Å²) < 4.78 is 0. The van der Waals surface area contributed by atoms with Gasteiger partial charge in [0.05, 0.1) is 0 Å². The molecule has 1 unspecified atom stereocenters. The van der Waals surface area contributed by atoms with Gasteiger partial charge in [-0.1, -0.05) is 108 Å². The van der Waals surface area contributed by atoms with Crippen molar-refractivity contribution >= 4 is 0 Å². The van der Waals surface area contributed by atoms with E-state index in [2.05, 4.69) is 96.2 Å². The Labute approximate surface area is 259 Å². The topological polar surface area (TPSA) is 0 Å². The summed E-state index contributed by atoms with van der Waals surface area (Å²) in [7, 11) is 0. The summed E-state index contributed by atoms with van der Waals surface area (Å²) in [5, 5.41) is 0. The van der Waals surface area contributed by atoms with Crippen molar-refractivity contribution in [1.29, 1.82) is 0 Å². The molecule has 3 aliphatic rings. The Hall–Kier alpha value is -2.08. The van der Waals surface area contributed by atoms with E-state index >= 15 is 0 Å². The Morgan fingerprint density at radius 2 is 1.43 bits per heavy atom. The minimum absolute atomic E-state index is 0.258. The summed E-state index contributed by atoms with van der Waals surface area (Å²) in [5.74, 6) is 4.39. The van der Waals surface area contributed by atoms with Gasteiger partial charge in [0.1, 0.15) is 0 Å². The van der Waals surface area contributed by atoms with Crippen LogP contribution in [0, 0.1) is 23.7 Å². The third-order valence-electron chi connectivity index (χ3n) is 12.3. The summed E-state index contributed by atoms with van der Waals surface area (Å²) in [4.78, 5) is 0. The van der Waals surface area contributed by atoms with E-state index in [0.717, 1.165) is 36.5 Å². The van der Waals surface area contributed by atoms with E-state index < -0.39 is 0 Å². The second kappa shape index (κ2) is 14.1. The molecule has 0 heterocycles. The summed E-state index contributed by atoms with van der Waals surface area (Å²) in [5.41, 5.74) is 11.2. The predicted octanol–water partition coefficient (Wildman–Crippen LogP) is 12.1. The largest absolute Gasteiger partial charge is 0.0807 e. The molecule has 2 aromatic rings. The summed E-state index contributed by atoms with van der Waals surface area (Å²) in [6.07, 6.45) is 23.8. The van der Waals surface area contributed by atoms with Gasteiger partial charge in [-0.25, -0.2) is 0 Å². The number of allylic oxidation sites excluding steroid dienone is 4. The van der Waals surface area contributed by atoms with Crippen LogP contribution in [0.2, 0.25) is 0 Å². The first kappa shape index (κ1) is 31.3. The molecule has 0 saturated heterocycles. The number of rotatable bonds is 10. The van der Waals surface area contributed by atoms with Crippen LogP contribution < -0.4 is 0 Å². The van der Waals surface area contributed by atoms with E-state index in [1.165, 1.54) is 88.2 Å². The monoisotopic (exact) mass is 564 g/mol. The zero-order valence-corrected chi connectivity index (χ0v) is 28.0. The van der Waals surface area contributed by atoms with Gasteiger partial charge in [-0.05, 0) is 152 Å². The minimum Gasteiger partial charge on any atom is -0.0807 e. The highest BCUT2D eigenvalue weighted by Gasteiger charge is 2.31. The molecule has 1 atom stereocenters. The molecule has 42 heavy (non-hydrogen) atoms. The summed E-state index contributed by atoms with van der Waals surface area (Å²) in [6.45, 7) is 14.3. The van der Waals surface area contributed by atoms with Crippen molar-refractivity contribution in [2.75, 3.05) is 0 Å². The smallest absolute Gasteiger partial charge is 0.00234 e. The molecule has 3 aliphatic carbocycles. The van der Waals surface area contributed by atoms with Crippen molar-refractivity contribution in [1.82, 2.24) is 0 Å². The zero-order valence-electron chi connectivity index (χ0n) is 28.0. The molecule has 2 saturated carbocycles. The normalized spacial score (nSPS) is 27.0. The molecule has 0 aliphatic heterocycles. The molecule has 2 aromatic carbocycles. The van der Waals surface area contributed by atoms with Crippen LogP contribution >= 0.6 is 0 Å². The fourth-order valence-corrected chi connectivity index (χ4v) is 8.77. The lowest BCUT2D eigenvalue weighted by molar-refractivity contribution is 0.165. The molecule has 0 N–H and O–H groups in total. The highest BCUT2D eigenvalue weighted by molar-refractivity contribution is 5.43. The van der Waals surface area contributed by atoms with Crippen LogP contribution in [-0.4, -0.2) is 0 Å². The van der Waals surface area contributed by atoms with Crippen molar-refractivity contribution in [3.05, 3.63) is 93.6 Å². The Morgan fingerprint density at radius 3 is 2.10 bits per heavy atom. The second-order valence-electron chi connectivity index (χ2n) is 14.9. The quantitative estimate of drug-likeness (QED) is 0.269. The van der Waals surface area contributed by atoms with Crippen LogP contribution in [0.15, 0.2) is 65.8 Å². The first-order valence-corrected chi connectivity index (χ1v) is 17.9. The lowest BCUT2D eigenvalue weighted by Crippen LogP contribution is -2.24. The fourth-order valence-electron chi connectivity index (χ4n) is 8.77. The fraction of sp³-hybridized carbons (Fsp3) is 0.619. The maximum Gasteiger partial charge on any atom is -0.00234 e. The summed E-state index contributed by atoms with van der Waals surface area (Å²) >= 11 is 0. The van der Waals surface area contributed by atoms with Crippen LogP contribution in [0.4, 0.5) is 0 Å². The molecule has 0 amide bonds. The molecule has 0 spiro atoms. The van der Waals surface area contributed by atoms with Gasteiger partial charge in [-0.15, -0.1) is 0 Å². The van der Waals surface area contributed by atoms with Crippen molar-refractivity contribution < 1.29 is 0 Å². The molecular weight excluding hydrogens is 504 g/mol. The average molecular weight is 565 g/mol. The van der Waals surface area contributed by atoms with Gasteiger partial charge < -0.3 is 0 Å². The predicted molar refractivity (Wildman–Crippen MR) is 183 cm³/mol. The van der Waals surface area contributed by atoms with Crippen molar-refractivity contribution in [2.45, 2.75) is 143 Å². The Kier molecular flexibility index (Phi) is 10.6. The third kappa shape index (κ3) is 7.17. The molecule has 228 valence electrons. The van der Waals surface area contributed by atoms with Gasteiger partial charge in [-0.2, -0.15) is 0 Å². The van der Waals surface area contributed by atoms with Gasteiger partial charge in [-0.3, -0.25) is 0 Å². The first-order chi connectivity index (χ1) is 20.3. The van der Waals surface area contributed by atoms with Crippen molar-refractivity contribution in [2.24, 2.45) is 23.7 Å². The lowest BCUT2D eigenvalue weighted by atomic mass is 9.68. The highest BCUT2D eigenvalue weighted by Crippen LogP contribution is 2.44. The number of hydrogen-bond donors (Lipinski definition) is 0. The molecular formula is C42H60. The molecule has 2 fully saturated rings. The molecule has 5 rings (SSSR count). The van der Waals surface area contributed by atoms with Crippen LogP contribution in [0.25, 0.3) is 0 Å². The Bertz CT molecular complexity index is 1220. The Morgan fingerprint density at radius 1 is 0.762 bits per heavy atom. The van der Waals surface area contributed by atoms with Gasteiger partial charge in [0.2, 0.25) is 0 Å². The zero-order chi connectivity index (χ0) is 29.7. The number of hydrogen-bond acceptors (Lipinski definition) is 0. The Balaban J connectivity index is 1.25. The molecule has 0 radical (unpaired) electrons. The minimum atomic E-state index is 0.258. The van der Waals surface area contributed by atoms with Crippen LogP contribution in [0.5, 0.6) is 0 Å². The standard InChI is InChI=1S/C42H60/c1-7-33-28-38(36-22-20-35(21-23-36)34-18-14-30(4)15-19-34)25-24-37(33)26-32-17-16-31(5)40(27-32)29-39-12-10-11-13-41(39)42(6,8-2)9-3/h10-13,16,24-25,27-28,30,32,34-36H,7-9,14-15,17-23,26,29H2,1-6H3. The van der Waals surface area contributed by atoms with Crippen LogP contribution in [0.1, 0.15) is 146 Å². The maximum atomic E-state index is 2.64. The van der Waals surface area contributed by atoms with E-state index in [9.17, 15) is 0 Å². The van der Waals surface area contributed by atoms with Gasteiger partial charge in [0, 0.05) is 0 Å². The van der Waals surface area contributed by atoms with Crippen LogP contribution in [0.3, 0.4) is 0 Å². The lowest BCUT2D eigenvalue weighted by Gasteiger charge is -2.37. The van der Waals surface area contributed by atoms with Crippen molar-refractivity contribution in [3.8, 4) is 0 Å². The van der Waals surface area contributed by atoms with Gasteiger partial charge in [0.15, 0.2) is 0 Å². The first-order valence-electron chi connectivity index (χ1n) is 17.9. The van der Waals surface area contributed by atoms with Crippen LogP contribution in [-0.2, 0) is 24.7 Å². The second-order valence-corrected chi connectivity index (χ2v) is 14.9. The molecule has 0 heteroatoms. The average Bonchev–Trinajstić information content (AvgIpc) is 3.03. The highest BCUT2D eigenvalue weighted by atomic mass is 14.4.